The predicted molar refractivity (Wildman–Crippen MR) is 62.0 cm³/mol. The molecule has 88 valence electrons. The lowest BCUT2D eigenvalue weighted by Crippen LogP contribution is -2.61. The summed E-state index contributed by atoms with van der Waals surface area (Å²) < 4.78 is 5.58. The van der Waals surface area contributed by atoms with Crippen LogP contribution in [0.15, 0.2) is 0 Å². The van der Waals surface area contributed by atoms with Gasteiger partial charge in [0.15, 0.2) is 0 Å². The second kappa shape index (κ2) is 4.40. The first-order valence-electron chi connectivity index (χ1n) is 6.16. The van der Waals surface area contributed by atoms with Gasteiger partial charge in [-0.05, 0) is 39.3 Å². The molecule has 2 atom stereocenters. The van der Waals surface area contributed by atoms with Crippen molar-refractivity contribution in [1.82, 2.24) is 10.2 Å². The van der Waals surface area contributed by atoms with Crippen molar-refractivity contribution in [2.45, 2.75) is 38.8 Å². The van der Waals surface area contributed by atoms with Crippen LogP contribution in [0.3, 0.4) is 0 Å². The lowest BCUT2D eigenvalue weighted by atomic mass is 9.89. The maximum atomic E-state index is 5.58. The minimum absolute atomic E-state index is 0.217. The van der Waals surface area contributed by atoms with Crippen LogP contribution in [-0.2, 0) is 4.74 Å². The minimum atomic E-state index is 0.217. The summed E-state index contributed by atoms with van der Waals surface area (Å²) in [6.07, 6.45) is 1.28. The van der Waals surface area contributed by atoms with Gasteiger partial charge in [-0.3, -0.25) is 4.90 Å². The molecule has 3 nitrogen and oxygen atoms in total. The number of piperidine rings is 1. The van der Waals surface area contributed by atoms with Gasteiger partial charge < -0.3 is 10.1 Å². The van der Waals surface area contributed by atoms with E-state index in [1.54, 1.807) is 0 Å². The van der Waals surface area contributed by atoms with E-state index in [1.807, 2.05) is 0 Å². The van der Waals surface area contributed by atoms with E-state index in [2.05, 4.69) is 31.0 Å². The Morgan fingerprint density at radius 2 is 2.20 bits per heavy atom. The summed E-state index contributed by atoms with van der Waals surface area (Å²) in [7, 11) is 0. The summed E-state index contributed by atoms with van der Waals surface area (Å²) in [6, 6.07) is 0.741. The number of nitrogens with one attached hydrogen (secondary N) is 1. The maximum absolute atomic E-state index is 5.58. The summed E-state index contributed by atoms with van der Waals surface area (Å²) in [4.78, 5) is 2.67. The fraction of sp³-hybridized carbons (Fsp3) is 1.00. The average Bonchev–Trinajstić information content (AvgIpc) is 2.19. The first-order valence-corrected chi connectivity index (χ1v) is 6.16. The zero-order valence-corrected chi connectivity index (χ0v) is 10.3. The van der Waals surface area contributed by atoms with Crippen molar-refractivity contribution in [3.63, 3.8) is 0 Å². The minimum Gasteiger partial charge on any atom is -0.378 e. The summed E-state index contributed by atoms with van der Waals surface area (Å²) >= 11 is 0. The molecule has 0 aromatic rings. The number of rotatable bonds is 1. The van der Waals surface area contributed by atoms with Crippen LogP contribution in [0.4, 0.5) is 0 Å². The quantitative estimate of drug-likeness (QED) is 0.704. The molecule has 0 aromatic carbocycles. The highest BCUT2D eigenvalue weighted by atomic mass is 16.5. The topological polar surface area (TPSA) is 24.5 Å². The van der Waals surface area contributed by atoms with Gasteiger partial charge in [-0.15, -0.1) is 0 Å². The molecule has 0 saturated carbocycles. The molecule has 2 fully saturated rings. The molecule has 2 aliphatic heterocycles. The van der Waals surface area contributed by atoms with E-state index >= 15 is 0 Å². The number of hydrogen-bond acceptors (Lipinski definition) is 3. The van der Waals surface area contributed by atoms with Gasteiger partial charge in [0.25, 0.3) is 0 Å². The third kappa shape index (κ3) is 2.35. The lowest BCUT2D eigenvalue weighted by Gasteiger charge is -2.49. The van der Waals surface area contributed by atoms with E-state index in [0.717, 1.165) is 38.3 Å². The van der Waals surface area contributed by atoms with E-state index in [0.29, 0.717) is 0 Å². The Bertz CT molecular complexity index is 218. The van der Waals surface area contributed by atoms with Crippen LogP contribution >= 0.6 is 0 Å². The third-order valence-electron chi connectivity index (χ3n) is 3.85. The lowest BCUT2D eigenvalue weighted by molar-refractivity contribution is -0.0861. The molecule has 2 heterocycles. The average molecular weight is 212 g/mol. The third-order valence-corrected chi connectivity index (χ3v) is 3.85. The molecule has 2 saturated heterocycles. The maximum Gasteiger partial charge on any atom is 0.0645 e. The highest BCUT2D eigenvalue weighted by Gasteiger charge is 2.38. The van der Waals surface area contributed by atoms with Gasteiger partial charge in [0.1, 0.15) is 0 Å². The zero-order chi connectivity index (χ0) is 10.9. The molecule has 0 amide bonds. The number of ether oxygens (including phenoxy) is 1. The van der Waals surface area contributed by atoms with Crippen LogP contribution in [0.5, 0.6) is 0 Å². The highest BCUT2D eigenvalue weighted by Crippen LogP contribution is 2.28. The van der Waals surface area contributed by atoms with Gasteiger partial charge in [0.05, 0.1) is 13.2 Å². The standard InChI is InChI=1S/C12H24N2O/c1-10-8-13-5-4-11(10)14-6-7-15-9-12(14,2)3/h10-11,13H,4-9H2,1-3H3. The number of nitrogens with zero attached hydrogens (tertiary/aromatic N) is 1. The Balaban J connectivity index is 2.06. The highest BCUT2D eigenvalue weighted by molar-refractivity contribution is 4.93. The number of hydrogen-bond donors (Lipinski definition) is 1. The van der Waals surface area contributed by atoms with Gasteiger partial charge in [0.2, 0.25) is 0 Å². The molecule has 0 spiro atoms. The molecular formula is C12H24N2O. The Morgan fingerprint density at radius 3 is 2.87 bits per heavy atom. The van der Waals surface area contributed by atoms with Crippen molar-refractivity contribution in [2.75, 3.05) is 32.8 Å². The van der Waals surface area contributed by atoms with Gasteiger partial charge in [0, 0.05) is 18.1 Å². The molecule has 0 radical (unpaired) electrons. The van der Waals surface area contributed by atoms with E-state index < -0.39 is 0 Å². The molecule has 2 unspecified atom stereocenters. The normalized spacial score (nSPS) is 37.8. The summed E-state index contributed by atoms with van der Waals surface area (Å²) in [6.45, 7) is 12.2. The van der Waals surface area contributed by atoms with E-state index in [4.69, 9.17) is 4.74 Å². The molecule has 0 aromatic heterocycles. The van der Waals surface area contributed by atoms with Crippen molar-refractivity contribution in [2.24, 2.45) is 5.92 Å². The predicted octanol–water partition coefficient (Wildman–Crippen LogP) is 1.10. The van der Waals surface area contributed by atoms with Crippen molar-refractivity contribution in [3.05, 3.63) is 0 Å². The second-order valence-corrected chi connectivity index (χ2v) is 5.60. The first kappa shape index (κ1) is 11.4. The van der Waals surface area contributed by atoms with Crippen molar-refractivity contribution in [3.8, 4) is 0 Å². The molecular weight excluding hydrogens is 188 g/mol. The summed E-state index contributed by atoms with van der Waals surface area (Å²) in [5.41, 5.74) is 0.217. The first-order chi connectivity index (χ1) is 7.11. The van der Waals surface area contributed by atoms with Crippen LogP contribution in [-0.4, -0.2) is 49.3 Å². The fourth-order valence-corrected chi connectivity index (χ4v) is 2.95. The van der Waals surface area contributed by atoms with Crippen LogP contribution in [0.2, 0.25) is 0 Å². The van der Waals surface area contributed by atoms with E-state index in [-0.39, 0.29) is 5.54 Å². The van der Waals surface area contributed by atoms with Crippen molar-refractivity contribution in [1.29, 1.82) is 0 Å². The van der Waals surface area contributed by atoms with Gasteiger partial charge in [-0.25, -0.2) is 0 Å². The number of morpholine rings is 1. The molecule has 1 N–H and O–H groups in total. The van der Waals surface area contributed by atoms with E-state index in [1.165, 1.54) is 13.0 Å². The fourth-order valence-electron chi connectivity index (χ4n) is 2.95. The second-order valence-electron chi connectivity index (χ2n) is 5.60. The van der Waals surface area contributed by atoms with Gasteiger partial charge in [-0.2, -0.15) is 0 Å². The van der Waals surface area contributed by atoms with Crippen molar-refractivity contribution < 1.29 is 4.74 Å². The Hall–Kier alpha value is -0.120. The molecule has 0 bridgehead atoms. The summed E-state index contributed by atoms with van der Waals surface area (Å²) in [5, 5.41) is 3.47. The Morgan fingerprint density at radius 1 is 1.40 bits per heavy atom. The Labute approximate surface area is 93.2 Å². The molecule has 3 heteroatoms. The zero-order valence-electron chi connectivity index (χ0n) is 10.3. The van der Waals surface area contributed by atoms with Crippen molar-refractivity contribution >= 4 is 0 Å². The van der Waals surface area contributed by atoms with Crippen LogP contribution in [0, 0.1) is 5.92 Å². The van der Waals surface area contributed by atoms with E-state index in [9.17, 15) is 0 Å². The molecule has 2 rings (SSSR count). The summed E-state index contributed by atoms with van der Waals surface area (Å²) in [5.74, 6) is 0.760. The molecule has 2 aliphatic rings. The van der Waals surface area contributed by atoms with Crippen LogP contribution in [0.1, 0.15) is 27.2 Å². The largest absolute Gasteiger partial charge is 0.378 e. The van der Waals surface area contributed by atoms with Crippen LogP contribution < -0.4 is 5.32 Å². The smallest absolute Gasteiger partial charge is 0.0645 e. The molecule has 15 heavy (non-hydrogen) atoms. The SMILES string of the molecule is CC1CNCCC1N1CCOCC1(C)C. The van der Waals surface area contributed by atoms with Gasteiger partial charge in [-0.1, -0.05) is 6.92 Å². The Kier molecular flexibility index (Phi) is 3.33. The van der Waals surface area contributed by atoms with Crippen LogP contribution in [0.25, 0.3) is 0 Å². The monoisotopic (exact) mass is 212 g/mol. The van der Waals surface area contributed by atoms with Gasteiger partial charge >= 0.3 is 0 Å². The molecule has 0 aliphatic carbocycles.